The summed E-state index contributed by atoms with van der Waals surface area (Å²) >= 11 is 0. The van der Waals surface area contributed by atoms with Crippen LogP contribution in [0.2, 0.25) is 0 Å². The van der Waals surface area contributed by atoms with Gasteiger partial charge in [0.2, 0.25) is 5.91 Å². The van der Waals surface area contributed by atoms with Gasteiger partial charge in [-0.1, -0.05) is 0 Å². The van der Waals surface area contributed by atoms with Crippen molar-refractivity contribution >= 4 is 11.9 Å². The number of amides is 1. The first-order chi connectivity index (χ1) is 12.0. The number of carboxylic acids is 1. The lowest BCUT2D eigenvalue weighted by atomic mass is 9.76. The predicted molar refractivity (Wildman–Crippen MR) is 88.7 cm³/mol. The van der Waals surface area contributed by atoms with Crippen molar-refractivity contribution in [3.8, 4) is 0 Å². The molecule has 1 aliphatic carbocycles. The maximum atomic E-state index is 12.2. The summed E-state index contributed by atoms with van der Waals surface area (Å²) < 4.78 is 5.25. The van der Waals surface area contributed by atoms with E-state index in [1.807, 2.05) is 9.80 Å². The number of carbonyl (C=O) groups excluding carboxylic acids is 1. The van der Waals surface area contributed by atoms with E-state index in [0.717, 1.165) is 51.0 Å². The number of piperidine rings is 1. The first-order valence-corrected chi connectivity index (χ1v) is 9.12. The van der Waals surface area contributed by atoms with Gasteiger partial charge in [-0.25, -0.2) is 4.98 Å². The van der Waals surface area contributed by atoms with Crippen molar-refractivity contribution < 1.29 is 19.1 Å². The van der Waals surface area contributed by atoms with Crippen molar-refractivity contribution in [2.45, 2.75) is 51.6 Å². The molecule has 1 N–H and O–H groups in total. The van der Waals surface area contributed by atoms with E-state index in [2.05, 4.69) is 4.98 Å². The number of oxazole rings is 1. The van der Waals surface area contributed by atoms with E-state index >= 15 is 0 Å². The summed E-state index contributed by atoms with van der Waals surface area (Å²) in [5, 5.41) is 9.65. The molecular formula is C18H25N3O4. The smallest absolute Gasteiger partial charge is 0.320 e. The van der Waals surface area contributed by atoms with Gasteiger partial charge in [-0.05, 0) is 37.5 Å². The van der Waals surface area contributed by atoms with Crippen molar-refractivity contribution in [1.29, 1.82) is 0 Å². The molecule has 0 bridgehead atoms. The second-order valence-electron chi connectivity index (χ2n) is 7.92. The van der Waals surface area contributed by atoms with Crippen molar-refractivity contribution in [2.24, 2.45) is 11.3 Å². The zero-order chi connectivity index (χ0) is 17.6. The zero-order valence-corrected chi connectivity index (χ0v) is 14.6. The fourth-order valence-corrected chi connectivity index (χ4v) is 4.40. The molecule has 1 amide bonds. The van der Waals surface area contributed by atoms with Gasteiger partial charge in [-0.2, -0.15) is 0 Å². The molecule has 2 aliphatic heterocycles. The Bertz CT molecular complexity index is 674. The van der Waals surface area contributed by atoms with E-state index in [4.69, 9.17) is 4.42 Å². The van der Waals surface area contributed by atoms with Crippen LogP contribution in [0.25, 0.3) is 0 Å². The number of aryl methyl sites for hydroxylation is 1. The fourth-order valence-electron chi connectivity index (χ4n) is 4.40. The van der Waals surface area contributed by atoms with Crippen LogP contribution in [-0.2, 0) is 16.1 Å². The molecule has 1 spiro atoms. The minimum absolute atomic E-state index is 0.00215. The summed E-state index contributed by atoms with van der Waals surface area (Å²) in [6.45, 7) is 4.57. The van der Waals surface area contributed by atoms with E-state index in [0.29, 0.717) is 24.8 Å². The van der Waals surface area contributed by atoms with Gasteiger partial charge in [0.15, 0.2) is 5.89 Å². The van der Waals surface area contributed by atoms with E-state index in [1.165, 1.54) is 0 Å². The molecule has 4 rings (SSSR count). The number of carbonyl (C=O) groups is 2. The minimum atomic E-state index is -0.770. The Balaban J connectivity index is 1.42. The number of carboxylic acid groups (broad SMARTS) is 1. The summed E-state index contributed by atoms with van der Waals surface area (Å²) in [5.41, 5.74) is 0.782. The molecule has 3 aliphatic rings. The Morgan fingerprint density at radius 2 is 2.08 bits per heavy atom. The molecule has 1 unspecified atom stereocenters. The maximum absolute atomic E-state index is 12.2. The average molecular weight is 347 g/mol. The normalized spacial score (nSPS) is 26.3. The third-order valence-electron chi connectivity index (χ3n) is 5.98. The second-order valence-corrected chi connectivity index (χ2v) is 7.92. The SMILES string of the molecule is Cc1nc(CN2CC3(CCN(C(=O)C4CC4)CC3)CC2C(=O)O)co1. The Labute approximate surface area is 147 Å². The van der Waals surface area contributed by atoms with Gasteiger partial charge in [0.25, 0.3) is 0 Å². The van der Waals surface area contributed by atoms with E-state index in [-0.39, 0.29) is 11.3 Å². The number of rotatable bonds is 4. The highest BCUT2D eigenvalue weighted by molar-refractivity contribution is 5.81. The average Bonchev–Trinajstić information content (AvgIpc) is 3.27. The van der Waals surface area contributed by atoms with Crippen LogP contribution in [-0.4, -0.2) is 57.4 Å². The number of hydrogen-bond donors (Lipinski definition) is 1. The zero-order valence-electron chi connectivity index (χ0n) is 14.6. The van der Waals surface area contributed by atoms with Crippen LogP contribution in [0.3, 0.4) is 0 Å². The number of hydrogen-bond acceptors (Lipinski definition) is 5. The monoisotopic (exact) mass is 347 g/mol. The highest BCUT2D eigenvalue weighted by Crippen LogP contribution is 2.44. The van der Waals surface area contributed by atoms with Crippen LogP contribution in [0.5, 0.6) is 0 Å². The molecule has 1 aromatic rings. The maximum Gasteiger partial charge on any atom is 0.320 e. The topological polar surface area (TPSA) is 86.9 Å². The third kappa shape index (κ3) is 3.29. The highest BCUT2D eigenvalue weighted by Gasteiger charge is 2.49. The van der Waals surface area contributed by atoms with Crippen LogP contribution < -0.4 is 0 Å². The molecule has 3 heterocycles. The van der Waals surface area contributed by atoms with E-state index in [9.17, 15) is 14.7 Å². The lowest BCUT2D eigenvalue weighted by molar-refractivity contribution is -0.142. The minimum Gasteiger partial charge on any atom is -0.480 e. The molecule has 7 nitrogen and oxygen atoms in total. The fraction of sp³-hybridized carbons (Fsp3) is 0.722. The molecule has 25 heavy (non-hydrogen) atoms. The Kier molecular flexibility index (Phi) is 4.06. The van der Waals surface area contributed by atoms with Gasteiger partial charge < -0.3 is 14.4 Å². The Hall–Kier alpha value is -1.89. The summed E-state index contributed by atoms with van der Waals surface area (Å²) in [7, 11) is 0. The van der Waals surface area contributed by atoms with Gasteiger partial charge >= 0.3 is 5.97 Å². The van der Waals surface area contributed by atoms with E-state index < -0.39 is 12.0 Å². The summed E-state index contributed by atoms with van der Waals surface area (Å²) in [4.78, 5) is 32.3. The molecule has 136 valence electrons. The number of nitrogens with zero attached hydrogens (tertiary/aromatic N) is 3. The largest absolute Gasteiger partial charge is 0.480 e. The van der Waals surface area contributed by atoms with Gasteiger partial charge in [-0.15, -0.1) is 0 Å². The summed E-state index contributed by atoms with van der Waals surface area (Å²) in [5.74, 6) is 0.394. The second kappa shape index (κ2) is 6.12. The highest BCUT2D eigenvalue weighted by atomic mass is 16.4. The first kappa shape index (κ1) is 16.6. The molecular weight excluding hydrogens is 322 g/mol. The van der Waals surface area contributed by atoms with Crippen molar-refractivity contribution in [3.63, 3.8) is 0 Å². The summed E-state index contributed by atoms with van der Waals surface area (Å²) in [6.07, 6.45) is 6.12. The predicted octanol–water partition coefficient (Wildman–Crippen LogP) is 1.66. The van der Waals surface area contributed by atoms with Crippen LogP contribution in [0.15, 0.2) is 10.7 Å². The molecule has 1 saturated carbocycles. The standard InChI is InChI=1S/C18H25N3O4/c1-12-19-14(10-25-12)9-21-11-18(8-15(21)17(23)24)4-6-20(7-5-18)16(22)13-2-3-13/h10,13,15H,2-9,11H2,1H3,(H,23,24). The molecule has 0 radical (unpaired) electrons. The van der Waals surface area contributed by atoms with Gasteiger partial charge in [0, 0.05) is 39.0 Å². The number of likely N-dealkylation sites (tertiary alicyclic amines) is 2. The quantitative estimate of drug-likeness (QED) is 0.891. The molecule has 2 saturated heterocycles. The van der Waals surface area contributed by atoms with Crippen LogP contribution >= 0.6 is 0 Å². The molecule has 3 fully saturated rings. The lowest BCUT2D eigenvalue weighted by Crippen LogP contribution is -2.44. The van der Waals surface area contributed by atoms with Gasteiger partial charge in [-0.3, -0.25) is 14.5 Å². The van der Waals surface area contributed by atoms with Crippen molar-refractivity contribution in [3.05, 3.63) is 17.8 Å². The van der Waals surface area contributed by atoms with Crippen molar-refractivity contribution in [2.75, 3.05) is 19.6 Å². The first-order valence-electron chi connectivity index (χ1n) is 9.12. The van der Waals surface area contributed by atoms with Crippen LogP contribution in [0.4, 0.5) is 0 Å². The summed E-state index contributed by atoms with van der Waals surface area (Å²) in [6, 6.07) is -0.484. The molecule has 1 aromatic heterocycles. The number of aliphatic carboxylic acids is 1. The van der Waals surface area contributed by atoms with E-state index in [1.54, 1.807) is 13.2 Å². The third-order valence-corrected chi connectivity index (χ3v) is 5.98. The van der Waals surface area contributed by atoms with Gasteiger partial charge in [0.05, 0.1) is 5.69 Å². The molecule has 1 atom stereocenters. The number of aromatic nitrogens is 1. The lowest BCUT2D eigenvalue weighted by Gasteiger charge is -2.39. The molecule has 0 aromatic carbocycles. The van der Waals surface area contributed by atoms with Gasteiger partial charge in [0.1, 0.15) is 12.3 Å². The Morgan fingerprint density at radius 3 is 2.64 bits per heavy atom. The van der Waals surface area contributed by atoms with Crippen LogP contribution in [0, 0.1) is 18.3 Å². The Morgan fingerprint density at radius 1 is 1.36 bits per heavy atom. The molecule has 7 heteroatoms. The van der Waals surface area contributed by atoms with Crippen LogP contribution in [0.1, 0.15) is 43.7 Å². The van der Waals surface area contributed by atoms with Crippen molar-refractivity contribution in [1.82, 2.24) is 14.8 Å².